The van der Waals surface area contributed by atoms with Crippen LogP contribution in [-0.4, -0.2) is 13.1 Å². The Morgan fingerprint density at radius 1 is 1.55 bits per heavy atom. The van der Waals surface area contributed by atoms with Crippen LogP contribution in [0.1, 0.15) is 9.75 Å². The quantitative estimate of drug-likeness (QED) is 0.664. The van der Waals surface area contributed by atoms with Crippen molar-refractivity contribution in [1.29, 1.82) is 0 Å². The molecule has 1 aromatic rings. The fourth-order valence-electron chi connectivity index (χ4n) is 0.894. The molecule has 0 spiro atoms. The van der Waals surface area contributed by atoms with E-state index in [9.17, 15) is 0 Å². The summed E-state index contributed by atoms with van der Waals surface area (Å²) in [7, 11) is 0. The first-order valence-electron chi connectivity index (χ1n) is 3.79. The molecular formula is C8H14N2S. The second-order valence-electron chi connectivity index (χ2n) is 2.48. The van der Waals surface area contributed by atoms with Gasteiger partial charge in [0.2, 0.25) is 0 Å². The van der Waals surface area contributed by atoms with Crippen molar-refractivity contribution in [3.63, 3.8) is 0 Å². The van der Waals surface area contributed by atoms with E-state index < -0.39 is 0 Å². The molecule has 0 saturated heterocycles. The van der Waals surface area contributed by atoms with Gasteiger partial charge in [0.1, 0.15) is 0 Å². The Hall–Kier alpha value is -0.380. The van der Waals surface area contributed by atoms with Crippen molar-refractivity contribution in [3.05, 3.63) is 21.9 Å². The molecule has 0 fully saturated rings. The highest BCUT2D eigenvalue weighted by Gasteiger charge is 1.93. The van der Waals surface area contributed by atoms with Gasteiger partial charge in [-0.05, 0) is 19.1 Å². The third-order valence-electron chi connectivity index (χ3n) is 1.42. The van der Waals surface area contributed by atoms with Gasteiger partial charge in [-0.2, -0.15) is 0 Å². The number of rotatable bonds is 4. The molecule has 0 atom stereocenters. The molecule has 2 nitrogen and oxygen atoms in total. The SMILES string of the molecule is Cc1ccc(CNCCN)s1. The third kappa shape index (κ3) is 3.01. The minimum Gasteiger partial charge on any atom is -0.329 e. The van der Waals surface area contributed by atoms with Crippen molar-refractivity contribution < 1.29 is 0 Å². The van der Waals surface area contributed by atoms with Crippen LogP contribution in [0, 0.1) is 6.92 Å². The van der Waals surface area contributed by atoms with Crippen LogP contribution in [0.25, 0.3) is 0 Å². The predicted molar refractivity (Wildman–Crippen MR) is 49.8 cm³/mol. The Balaban J connectivity index is 2.27. The Morgan fingerprint density at radius 3 is 2.91 bits per heavy atom. The van der Waals surface area contributed by atoms with Gasteiger partial charge >= 0.3 is 0 Å². The molecule has 0 unspecified atom stereocenters. The van der Waals surface area contributed by atoms with Gasteiger partial charge in [-0.3, -0.25) is 0 Å². The van der Waals surface area contributed by atoms with Crippen molar-refractivity contribution in [2.45, 2.75) is 13.5 Å². The lowest BCUT2D eigenvalue weighted by molar-refractivity contribution is 0.702. The third-order valence-corrected chi connectivity index (χ3v) is 2.42. The van der Waals surface area contributed by atoms with Crippen LogP contribution < -0.4 is 11.1 Å². The second kappa shape index (κ2) is 4.49. The lowest BCUT2D eigenvalue weighted by Gasteiger charge is -1.98. The van der Waals surface area contributed by atoms with E-state index in [2.05, 4.69) is 24.4 Å². The molecule has 3 N–H and O–H groups in total. The molecule has 11 heavy (non-hydrogen) atoms. The molecule has 1 aromatic heterocycles. The average Bonchev–Trinajstić information content (AvgIpc) is 2.37. The molecular weight excluding hydrogens is 156 g/mol. The summed E-state index contributed by atoms with van der Waals surface area (Å²) in [6.45, 7) is 4.69. The molecule has 0 aromatic carbocycles. The first-order valence-corrected chi connectivity index (χ1v) is 4.60. The topological polar surface area (TPSA) is 38.0 Å². The number of nitrogens with one attached hydrogen (secondary N) is 1. The standard InChI is InChI=1S/C8H14N2S/c1-7-2-3-8(11-7)6-10-5-4-9/h2-3,10H,4-6,9H2,1H3. The normalized spacial score (nSPS) is 10.4. The van der Waals surface area contributed by atoms with Gasteiger partial charge in [-0.1, -0.05) is 0 Å². The molecule has 3 heteroatoms. The lowest BCUT2D eigenvalue weighted by Crippen LogP contribution is -2.21. The van der Waals surface area contributed by atoms with E-state index >= 15 is 0 Å². The maximum Gasteiger partial charge on any atom is 0.0300 e. The highest BCUT2D eigenvalue weighted by molar-refractivity contribution is 7.11. The molecule has 0 aliphatic heterocycles. The number of aryl methyl sites for hydroxylation is 1. The predicted octanol–water partition coefficient (Wildman–Crippen LogP) is 1.10. The smallest absolute Gasteiger partial charge is 0.0300 e. The van der Waals surface area contributed by atoms with Crippen LogP contribution >= 0.6 is 11.3 Å². The van der Waals surface area contributed by atoms with Crippen molar-refractivity contribution in [2.24, 2.45) is 5.73 Å². The molecule has 0 bridgehead atoms. The van der Waals surface area contributed by atoms with Gasteiger partial charge in [0.15, 0.2) is 0 Å². The van der Waals surface area contributed by atoms with Gasteiger partial charge in [-0.15, -0.1) is 11.3 Å². The summed E-state index contributed by atoms with van der Waals surface area (Å²) in [6, 6.07) is 4.30. The summed E-state index contributed by atoms with van der Waals surface area (Å²) in [5.41, 5.74) is 5.34. The molecule has 62 valence electrons. The number of thiophene rings is 1. The van der Waals surface area contributed by atoms with Gasteiger partial charge in [-0.25, -0.2) is 0 Å². The molecule has 0 aliphatic carbocycles. The monoisotopic (exact) mass is 170 g/mol. The summed E-state index contributed by atoms with van der Waals surface area (Å²) in [5, 5.41) is 3.25. The summed E-state index contributed by atoms with van der Waals surface area (Å²) < 4.78 is 0. The van der Waals surface area contributed by atoms with E-state index in [4.69, 9.17) is 5.73 Å². The van der Waals surface area contributed by atoms with Gasteiger partial charge in [0.05, 0.1) is 0 Å². The van der Waals surface area contributed by atoms with Crippen LogP contribution in [0.3, 0.4) is 0 Å². The van der Waals surface area contributed by atoms with Gasteiger partial charge in [0, 0.05) is 29.4 Å². The van der Waals surface area contributed by atoms with Crippen LogP contribution in [-0.2, 0) is 6.54 Å². The maximum absolute atomic E-state index is 5.34. The number of nitrogens with two attached hydrogens (primary N) is 1. The van der Waals surface area contributed by atoms with Crippen molar-refractivity contribution in [3.8, 4) is 0 Å². The molecule has 0 amide bonds. The van der Waals surface area contributed by atoms with Crippen molar-refractivity contribution >= 4 is 11.3 Å². The summed E-state index contributed by atoms with van der Waals surface area (Å²) in [4.78, 5) is 2.76. The first kappa shape index (κ1) is 8.71. The van der Waals surface area contributed by atoms with E-state index in [0.717, 1.165) is 13.1 Å². The number of hydrogen-bond donors (Lipinski definition) is 2. The van der Waals surface area contributed by atoms with Crippen LogP contribution in [0.4, 0.5) is 0 Å². The van der Waals surface area contributed by atoms with E-state index in [0.29, 0.717) is 6.54 Å². The largest absolute Gasteiger partial charge is 0.329 e. The van der Waals surface area contributed by atoms with Crippen LogP contribution in [0.2, 0.25) is 0 Å². The molecule has 0 saturated carbocycles. The van der Waals surface area contributed by atoms with E-state index in [-0.39, 0.29) is 0 Å². The summed E-state index contributed by atoms with van der Waals surface area (Å²) in [5.74, 6) is 0. The Morgan fingerprint density at radius 2 is 2.36 bits per heavy atom. The van der Waals surface area contributed by atoms with Crippen LogP contribution in [0.5, 0.6) is 0 Å². The van der Waals surface area contributed by atoms with Gasteiger partial charge in [0.25, 0.3) is 0 Å². The fraction of sp³-hybridized carbons (Fsp3) is 0.500. The highest BCUT2D eigenvalue weighted by Crippen LogP contribution is 2.13. The Labute approximate surface area is 71.4 Å². The zero-order chi connectivity index (χ0) is 8.10. The summed E-state index contributed by atoms with van der Waals surface area (Å²) in [6.07, 6.45) is 0. The minimum atomic E-state index is 0.713. The van der Waals surface area contributed by atoms with E-state index in [1.165, 1.54) is 9.75 Å². The summed E-state index contributed by atoms with van der Waals surface area (Å²) >= 11 is 1.83. The molecule has 1 heterocycles. The molecule has 0 radical (unpaired) electrons. The average molecular weight is 170 g/mol. The molecule has 1 rings (SSSR count). The maximum atomic E-state index is 5.34. The van der Waals surface area contributed by atoms with E-state index in [1.807, 2.05) is 11.3 Å². The van der Waals surface area contributed by atoms with Crippen molar-refractivity contribution in [2.75, 3.05) is 13.1 Å². The number of hydrogen-bond acceptors (Lipinski definition) is 3. The minimum absolute atomic E-state index is 0.713. The zero-order valence-corrected chi connectivity index (χ0v) is 7.58. The van der Waals surface area contributed by atoms with Crippen molar-refractivity contribution in [1.82, 2.24) is 5.32 Å². The lowest BCUT2D eigenvalue weighted by atomic mass is 10.4. The van der Waals surface area contributed by atoms with Crippen LogP contribution in [0.15, 0.2) is 12.1 Å². The molecule has 0 aliphatic rings. The van der Waals surface area contributed by atoms with E-state index in [1.54, 1.807) is 0 Å². The zero-order valence-electron chi connectivity index (χ0n) is 6.76. The Bertz CT molecular complexity index is 208. The Kier molecular flexibility index (Phi) is 3.56. The highest BCUT2D eigenvalue weighted by atomic mass is 32.1. The first-order chi connectivity index (χ1) is 5.33. The fourth-order valence-corrected chi connectivity index (χ4v) is 1.75. The van der Waals surface area contributed by atoms with Gasteiger partial charge < -0.3 is 11.1 Å². The second-order valence-corrected chi connectivity index (χ2v) is 3.85.